The van der Waals surface area contributed by atoms with E-state index in [2.05, 4.69) is 36.7 Å². The molecule has 0 fully saturated rings. The molecule has 28 heavy (non-hydrogen) atoms. The summed E-state index contributed by atoms with van der Waals surface area (Å²) in [5, 5.41) is 12.4. The predicted molar refractivity (Wildman–Crippen MR) is 114 cm³/mol. The largest absolute Gasteiger partial charge is 0.496 e. The second-order valence-corrected chi connectivity index (χ2v) is 7.37. The molecule has 8 nitrogen and oxygen atoms in total. The summed E-state index contributed by atoms with van der Waals surface area (Å²) in [6, 6.07) is 14.6. The zero-order valence-electron chi connectivity index (χ0n) is 14.9. The SMILES string of the molecule is COc1ccccc1/C=N/Nc1nnc(SCC(=O)c2ccc(Br)cc2)n1N. The molecule has 0 aliphatic carbocycles. The van der Waals surface area contributed by atoms with Crippen LogP contribution < -0.4 is 16.0 Å². The minimum Gasteiger partial charge on any atom is -0.496 e. The van der Waals surface area contributed by atoms with Crippen molar-refractivity contribution in [3.8, 4) is 5.75 Å². The lowest BCUT2D eigenvalue weighted by molar-refractivity contribution is 0.102. The van der Waals surface area contributed by atoms with Gasteiger partial charge in [0.25, 0.3) is 5.95 Å². The average Bonchev–Trinajstić information content (AvgIpc) is 3.06. The summed E-state index contributed by atoms with van der Waals surface area (Å²) in [6.45, 7) is 0. The van der Waals surface area contributed by atoms with E-state index in [4.69, 9.17) is 10.6 Å². The maximum Gasteiger partial charge on any atom is 0.264 e. The third-order valence-electron chi connectivity index (χ3n) is 3.67. The van der Waals surface area contributed by atoms with Gasteiger partial charge in [-0.3, -0.25) is 4.79 Å². The zero-order valence-corrected chi connectivity index (χ0v) is 17.3. The van der Waals surface area contributed by atoms with Crippen LogP contribution in [-0.2, 0) is 0 Å². The van der Waals surface area contributed by atoms with Crippen LogP contribution in [0.25, 0.3) is 0 Å². The number of anilines is 1. The first-order chi connectivity index (χ1) is 13.6. The van der Waals surface area contributed by atoms with E-state index in [-0.39, 0.29) is 17.5 Å². The smallest absolute Gasteiger partial charge is 0.264 e. The number of rotatable bonds is 8. The number of nitrogen functional groups attached to an aromatic ring is 1. The van der Waals surface area contributed by atoms with E-state index in [0.29, 0.717) is 16.5 Å². The number of ketones is 1. The molecule has 0 amide bonds. The number of Topliss-reactive ketones (excluding diaryl/α,β-unsaturated/α-hetero) is 1. The van der Waals surface area contributed by atoms with E-state index < -0.39 is 0 Å². The maximum atomic E-state index is 12.3. The lowest BCUT2D eigenvalue weighted by atomic mass is 10.2. The molecule has 3 N–H and O–H groups in total. The van der Waals surface area contributed by atoms with Crippen LogP contribution in [0.4, 0.5) is 5.95 Å². The number of carbonyl (C=O) groups excluding carboxylic acids is 1. The fraction of sp³-hybridized carbons (Fsp3) is 0.111. The Kier molecular flexibility index (Phi) is 6.66. The number of carbonyl (C=O) groups is 1. The predicted octanol–water partition coefficient (Wildman–Crippen LogP) is 3.18. The number of halogens is 1. The number of hydrogen-bond donors (Lipinski definition) is 2. The molecule has 2 aromatic carbocycles. The highest BCUT2D eigenvalue weighted by Gasteiger charge is 2.13. The molecule has 0 saturated carbocycles. The molecule has 3 rings (SSSR count). The molecule has 10 heteroatoms. The van der Waals surface area contributed by atoms with Crippen LogP contribution in [0, 0.1) is 0 Å². The quantitative estimate of drug-likeness (QED) is 0.174. The van der Waals surface area contributed by atoms with E-state index >= 15 is 0 Å². The average molecular weight is 461 g/mol. The molecule has 1 aromatic heterocycles. The molecule has 0 atom stereocenters. The van der Waals surface area contributed by atoms with Gasteiger partial charge in [0.15, 0.2) is 5.78 Å². The van der Waals surface area contributed by atoms with Crippen molar-refractivity contribution in [3.63, 3.8) is 0 Å². The third-order valence-corrected chi connectivity index (χ3v) is 5.14. The Balaban J connectivity index is 1.60. The number of nitrogens with zero attached hydrogens (tertiary/aromatic N) is 4. The third kappa shape index (κ3) is 4.90. The lowest BCUT2D eigenvalue weighted by Gasteiger charge is -2.04. The second kappa shape index (κ2) is 9.38. The van der Waals surface area contributed by atoms with Crippen molar-refractivity contribution in [3.05, 3.63) is 64.1 Å². The monoisotopic (exact) mass is 460 g/mol. The second-order valence-electron chi connectivity index (χ2n) is 5.51. The van der Waals surface area contributed by atoms with Gasteiger partial charge in [-0.05, 0) is 24.3 Å². The fourth-order valence-electron chi connectivity index (χ4n) is 2.23. The van der Waals surface area contributed by atoms with Crippen LogP contribution in [0.1, 0.15) is 15.9 Å². The summed E-state index contributed by atoms with van der Waals surface area (Å²) in [5.41, 5.74) is 4.16. The van der Waals surface area contributed by atoms with Gasteiger partial charge in [0, 0.05) is 15.6 Å². The van der Waals surface area contributed by atoms with Gasteiger partial charge in [-0.1, -0.05) is 52.0 Å². The fourth-order valence-corrected chi connectivity index (χ4v) is 3.25. The van der Waals surface area contributed by atoms with E-state index in [0.717, 1.165) is 10.0 Å². The summed E-state index contributed by atoms with van der Waals surface area (Å²) in [6.07, 6.45) is 1.59. The number of hydrogen-bond acceptors (Lipinski definition) is 8. The molecular formula is C18H17BrN6O2S. The Morgan fingerprint density at radius 3 is 2.79 bits per heavy atom. The first-order valence-electron chi connectivity index (χ1n) is 8.12. The lowest BCUT2D eigenvalue weighted by Crippen LogP contribution is -2.14. The van der Waals surface area contributed by atoms with Crippen LogP contribution in [0.15, 0.2) is 63.3 Å². The van der Waals surface area contributed by atoms with Crippen LogP contribution in [0.2, 0.25) is 0 Å². The van der Waals surface area contributed by atoms with Gasteiger partial charge in [0.1, 0.15) is 5.75 Å². The highest BCUT2D eigenvalue weighted by Crippen LogP contribution is 2.19. The summed E-state index contributed by atoms with van der Waals surface area (Å²) >= 11 is 4.55. The summed E-state index contributed by atoms with van der Waals surface area (Å²) < 4.78 is 7.43. The van der Waals surface area contributed by atoms with Crippen molar-refractivity contribution in [1.29, 1.82) is 0 Å². The van der Waals surface area contributed by atoms with Gasteiger partial charge in [0.05, 0.1) is 19.1 Å². The number of ether oxygens (including phenoxy) is 1. The van der Waals surface area contributed by atoms with Crippen molar-refractivity contribution in [2.24, 2.45) is 5.10 Å². The zero-order chi connectivity index (χ0) is 19.9. The number of thioether (sulfide) groups is 1. The number of methoxy groups -OCH3 is 1. The Labute approximate surface area is 174 Å². The van der Waals surface area contributed by atoms with E-state index in [1.54, 1.807) is 25.5 Å². The minimum absolute atomic E-state index is 0.0239. The molecule has 0 saturated heterocycles. The molecule has 1 heterocycles. The van der Waals surface area contributed by atoms with Crippen molar-refractivity contribution >= 4 is 45.6 Å². The highest BCUT2D eigenvalue weighted by molar-refractivity contribution is 9.10. The molecular weight excluding hydrogens is 444 g/mol. The Morgan fingerprint density at radius 1 is 1.29 bits per heavy atom. The highest BCUT2D eigenvalue weighted by atomic mass is 79.9. The van der Waals surface area contributed by atoms with Crippen molar-refractivity contribution in [1.82, 2.24) is 14.9 Å². The Morgan fingerprint density at radius 2 is 2.04 bits per heavy atom. The number of para-hydroxylation sites is 1. The van der Waals surface area contributed by atoms with Crippen LogP contribution in [-0.4, -0.2) is 39.7 Å². The number of benzene rings is 2. The van der Waals surface area contributed by atoms with Crippen LogP contribution in [0.3, 0.4) is 0 Å². The van der Waals surface area contributed by atoms with Gasteiger partial charge in [-0.15, -0.1) is 10.2 Å². The summed E-state index contributed by atoms with van der Waals surface area (Å²) in [4.78, 5) is 12.3. The number of hydrazone groups is 1. The van der Waals surface area contributed by atoms with Gasteiger partial charge in [-0.25, -0.2) is 10.1 Å². The molecule has 144 valence electrons. The normalized spacial score (nSPS) is 10.9. The van der Waals surface area contributed by atoms with Crippen LogP contribution in [0.5, 0.6) is 5.75 Å². The molecule has 0 bridgehead atoms. The number of aromatic nitrogens is 3. The first-order valence-corrected chi connectivity index (χ1v) is 9.90. The van der Waals surface area contributed by atoms with E-state index in [9.17, 15) is 4.79 Å². The molecule has 3 aromatic rings. The number of nitrogens with two attached hydrogens (primary N) is 1. The number of nitrogens with one attached hydrogen (secondary N) is 1. The van der Waals surface area contributed by atoms with E-state index in [1.165, 1.54) is 16.4 Å². The molecule has 0 aliphatic heterocycles. The van der Waals surface area contributed by atoms with Crippen molar-refractivity contribution in [2.45, 2.75) is 5.16 Å². The molecule has 0 spiro atoms. The summed E-state index contributed by atoms with van der Waals surface area (Å²) in [7, 11) is 1.59. The van der Waals surface area contributed by atoms with Crippen molar-refractivity contribution in [2.75, 3.05) is 24.1 Å². The van der Waals surface area contributed by atoms with Gasteiger partial charge < -0.3 is 10.6 Å². The molecule has 0 radical (unpaired) electrons. The Hall–Kier alpha value is -2.85. The molecule has 0 unspecified atom stereocenters. The maximum absolute atomic E-state index is 12.3. The summed E-state index contributed by atoms with van der Waals surface area (Å²) in [5.74, 6) is 7.10. The van der Waals surface area contributed by atoms with Crippen LogP contribution >= 0.6 is 27.7 Å². The van der Waals surface area contributed by atoms with Gasteiger partial charge in [-0.2, -0.15) is 5.10 Å². The standard InChI is InChI=1S/C18H17BrN6O2S/c1-27-16-5-3-2-4-13(16)10-21-22-17-23-24-18(25(17)20)28-11-15(26)12-6-8-14(19)9-7-12/h2-10H,11,20H2,1H3,(H,22,23)/b21-10+. The topological polar surface area (TPSA) is 107 Å². The van der Waals surface area contributed by atoms with Gasteiger partial charge >= 0.3 is 0 Å². The molecule has 0 aliphatic rings. The Bertz CT molecular complexity index is 990. The van der Waals surface area contributed by atoms with Gasteiger partial charge in [0.2, 0.25) is 5.16 Å². The minimum atomic E-state index is -0.0239. The first kappa shape index (κ1) is 19.9. The van der Waals surface area contributed by atoms with Crippen molar-refractivity contribution < 1.29 is 9.53 Å². The van der Waals surface area contributed by atoms with E-state index in [1.807, 2.05) is 36.4 Å².